The number of thiazole rings is 1. The van der Waals surface area contributed by atoms with E-state index in [2.05, 4.69) is 4.98 Å². The van der Waals surface area contributed by atoms with E-state index < -0.39 is 0 Å². The second-order valence-electron chi connectivity index (χ2n) is 5.91. The average Bonchev–Trinajstić information content (AvgIpc) is 2.96. The number of nitrogens with zero attached hydrogens (tertiary/aromatic N) is 2. The molecule has 0 spiro atoms. The quantitative estimate of drug-likeness (QED) is 0.927. The first-order valence-electron chi connectivity index (χ1n) is 7.77. The highest BCUT2D eigenvalue weighted by molar-refractivity contribution is 7.17. The van der Waals surface area contributed by atoms with Gasteiger partial charge in [-0.1, -0.05) is 0 Å². The number of benzene rings is 1. The van der Waals surface area contributed by atoms with Crippen LogP contribution < -0.4 is 5.73 Å². The van der Waals surface area contributed by atoms with E-state index in [1.54, 1.807) is 24.0 Å². The lowest BCUT2D eigenvalue weighted by molar-refractivity contribution is -0.123. The minimum atomic E-state index is -0.305. The van der Waals surface area contributed by atoms with E-state index in [1.807, 2.05) is 0 Å². The van der Waals surface area contributed by atoms with Crippen molar-refractivity contribution in [2.24, 2.45) is 11.7 Å². The molecule has 0 atom stereocenters. The van der Waals surface area contributed by atoms with Gasteiger partial charge in [-0.25, -0.2) is 9.37 Å². The Kier molecular flexibility index (Phi) is 4.62. The number of aryl methyl sites for hydroxylation is 1. The Morgan fingerprint density at radius 3 is 2.46 bits per heavy atom. The highest BCUT2D eigenvalue weighted by Gasteiger charge is 2.28. The maximum Gasteiger partial charge on any atom is 0.265 e. The number of hydrogen-bond donors (Lipinski definition) is 1. The SMILES string of the molecule is Cc1nc(-c2ccc(F)cc2)sc1C(=O)N1CCC(C(N)=O)CC1. The zero-order chi connectivity index (χ0) is 17.3. The van der Waals surface area contributed by atoms with Crippen molar-refractivity contribution in [3.63, 3.8) is 0 Å². The maximum absolute atomic E-state index is 13.0. The summed E-state index contributed by atoms with van der Waals surface area (Å²) in [6, 6.07) is 6.06. The van der Waals surface area contributed by atoms with Crippen molar-refractivity contribution >= 4 is 23.2 Å². The number of carbonyl (C=O) groups excluding carboxylic acids is 2. The fourth-order valence-electron chi connectivity index (χ4n) is 2.82. The van der Waals surface area contributed by atoms with Crippen LogP contribution in [0.2, 0.25) is 0 Å². The third-order valence-corrected chi connectivity index (χ3v) is 5.46. The molecule has 2 N–H and O–H groups in total. The molecule has 126 valence electrons. The topological polar surface area (TPSA) is 76.3 Å². The molecule has 1 aromatic carbocycles. The summed E-state index contributed by atoms with van der Waals surface area (Å²) in [4.78, 5) is 30.7. The molecule has 1 aliphatic heterocycles. The molecule has 0 saturated carbocycles. The maximum atomic E-state index is 13.0. The molecule has 0 aliphatic carbocycles. The summed E-state index contributed by atoms with van der Waals surface area (Å²) < 4.78 is 13.0. The number of nitrogens with two attached hydrogens (primary N) is 1. The Morgan fingerprint density at radius 1 is 1.25 bits per heavy atom. The largest absolute Gasteiger partial charge is 0.369 e. The molecule has 1 aromatic heterocycles. The minimum Gasteiger partial charge on any atom is -0.369 e. The molecular weight excluding hydrogens is 329 g/mol. The summed E-state index contributed by atoms with van der Waals surface area (Å²) in [5, 5.41) is 0.697. The summed E-state index contributed by atoms with van der Waals surface area (Å²) in [6.45, 7) is 2.85. The van der Waals surface area contributed by atoms with Crippen molar-refractivity contribution in [2.45, 2.75) is 19.8 Å². The van der Waals surface area contributed by atoms with Gasteiger partial charge in [0.2, 0.25) is 5.91 Å². The Bertz CT molecular complexity index is 765. The molecule has 2 amide bonds. The number of amides is 2. The Balaban J connectivity index is 1.76. The molecule has 0 radical (unpaired) electrons. The number of aromatic nitrogens is 1. The summed E-state index contributed by atoms with van der Waals surface area (Å²) in [6.07, 6.45) is 1.20. The van der Waals surface area contributed by atoms with Gasteiger partial charge in [0.1, 0.15) is 15.7 Å². The zero-order valence-electron chi connectivity index (χ0n) is 13.3. The number of hydrogen-bond acceptors (Lipinski definition) is 4. The van der Waals surface area contributed by atoms with Gasteiger partial charge >= 0.3 is 0 Å². The van der Waals surface area contributed by atoms with Gasteiger partial charge in [0.15, 0.2) is 0 Å². The summed E-state index contributed by atoms with van der Waals surface area (Å²) in [5.41, 5.74) is 6.78. The molecule has 5 nitrogen and oxygen atoms in total. The predicted molar refractivity (Wildman–Crippen MR) is 90.1 cm³/mol. The molecule has 2 aromatic rings. The van der Waals surface area contributed by atoms with Crippen LogP contribution in [-0.2, 0) is 4.79 Å². The predicted octanol–water partition coefficient (Wildman–Crippen LogP) is 2.60. The number of rotatable bonds is 3. The smallest absolute Gasteiger partial charge is 0.265 e. The standard InChI is InChI=1S/C17H18FN3O2S/c1-10-14(17(23)21-8-6-11(7-9-21)15(19)22)24-16(20-10)12-2-4-13(18)5-3-12/h2-5,11H,6-9H2,1H3,(H2,19,22). The Morgan fingerprint density at radius 2 is 1.88 bits per heavy atom. The van der Waals surface area contributed by atoms with Crippen LogP contribution in [0.5, 0.6) is 0 Å². The second kappa shape index (κ2) is 6.68. The molecule has 1 saturated heterocycles. The van der Waals surface area contributed by atoms with Crippen molar-refractivity contribution in [2.75, 3.05) is 13.1 Å². The third kappa shape index (κ3) is 3.31. The molecule has 3 rings (SSSR count). The number of likely N-dealkylation sites (tertiary alicyclic amines) is 1. The van der Waals surface area contributed by atoms with E-state index in [9.17, 15) is 14.0 Å². The molecular formula is C17H18FN3O2S. The Labute approximate surface area is 143 Å². The van der Waals surface area contributed by atoms with Crippen molar-refractivity contribution < 1.29 is 14.0 Å². The lowest BCUT2D eigenvalue weighted by Gasteiger charge is -2.30. The summed E-state index contributed by atoms with van der Waals surface area (Å²) in [7, 11) is 0. The van der Waals surface area contributed by atoms with Crippen molar-refractivity contribution in [3.05, 3.63) is 40.7 Å². The van der Waals surface area contributed by atoms with Gasteiger partial charge in [-0.3, -0.25) is 9.59 Å². The number of carbonyl (C=O) groups is 2. The van der Waals surface area contributed by atoms with E-state index in [-0.39, 0.29) is 23.5 Å². The molecule has 0 unspecified atom stereocenters. The van der Waals surface area contributed by atoms with Gasteiger partial charge in [-0.15, -0.1) is 11.3 Å². The minimum absolute atomic E-state index is 0.0683. The van der Waals surface area contributed by atoms with Gasteiger partial charge in [-0.2, -0.15) is 0 Å². The van der Waals surface area contributed by atoms with Crippen LogP contribution in [0.25, 0.3) is 10.6 Å². The first kappa shape index (κ1) is 16.6. The summed E-state index contributed by atoms with van der Waals surface area (Å²) in [5.74, 6) is -0.817. The van der Waals surface area contributed by atoms with Gasteiger partial charge < -0.3 is 10.6 Å². The highest BCUT2D eigenvalue weighted by atomic mass is 32.1. The third-order valence-electron chi connectivity index (χ3n) is 4.27. The molecule has 0 bridgehead atoms. The van der Waals surface area contributed by atoms with Crippen molar-refractivity contribution in [3.8, 4) is 10.6 Å². The zero-order valence-corrected chi connectivity index (χ0v) is 14.1. The van der Waals surface area contributed by atoms with Gasteiger partial charge in [0.25, 0.3) is 5.91 Å². The van der Waals surface area contributed by atoms with E-state index in [1.165, 1.54) is 23.5 Å². The average molecular weight is 347 g/mol. The molecule has 24 heavy (non-hydrogen) atoms. The van der Waals surface area contributed by atoms with Gasteiger partial charge in [-0.05, 0) is 44.0 Å². The van der Waals surface area contributed by atoms with Crippen LogP contribution in [0.1, 0.15) is 28.2 Å². The highest BCUT2D eigenvalue weighted by Crippen LogP contribution is 2.30. The van der Waals surface area contributed by atoms with Crippen LogP contribution >= 0.6 is 11.3 Å². The Hall–Kier alpha value is -2.28. The fraction of sp³-hybridized carbons (Fsp3) is 0.353. The number of primary amides is 1. The first-order valence-corrected chi connectivity index (χ1v) is 8.59. The second-order valence-corrected chi connectivity index (χ2v) is 6.91. The van der Waals surface area contributed by atoms with E-state index in [4.69, 9.17) is 5.73 Å². The normalized spacial score (nSPS) is 15.5. The van der Waals surface area contributed by atoms with E-state index in [0.29, 0.717) is 41.5 Å². The molecule has 2 heterocycles. The lowest BCUT2D eigenvalue weighted by Crippen LogP contribution is -2.41. The first-order chi connectivity index (χ1) is 11.5. The fourth-order valence-corrected chi connectivity index (χ4v) is 3.86. The van der Waals surface area contributed by atoms with E-state index in [0.717, 1.165) is 5.56 Å². The number of halogens is 1. The monoisotopic (exact) mass is 347 g/mol. The van der Waals surface area contributed by atoms with Crippen molar-refractivity contribution in [1.29, 1.82) is 0 Å². The van der Waals surface area contributed by atoms with Crippen LogP contribution in [0.15, 0.2) is 24.3 Å². The van der Waals surface area contributed by atoms with Crippen molar-refractivity contribution in [1.82, 2.24) is 9.88 Å². The lowest BCUT2D eigenvalue weighted by atomic mass is 9.96. The van der Waals surface area contributed by atoms with Gasteiger partial charge in [0.05, 0.1) is 5.69 Å². The van der Waals surface area contributed by atoms with Crippen LogP contribution in [-0.4, -0.2) is 34.8 Å². The molecule has 1 aliphatic rings. The van der Waals surface area contributed by atoms with Crippen LogP contribution in [0.4, 0.5) is 4.39 Å². The van der Waals surface area contributed by atoms with Crippen LogP contribution in [0, 0.1) is 18.7 Å². The molecule has 7 heteroatoms. The number of piperidine rings is 1. The van der Waals surface area contributed by atoms with Gasteiger partial charge in [0, 0.05) is 24.6 Å². The van der Waals surface area contributed by atoms with E-state index >= 15 is 0 Å². The molecule has 1 fully saturated rings. The summed E-state index contributed by atoms with van der Waals surface area (Å²) >= 11 is 1.31. The van der Waals surface area contributed by atoms with Crippen LogP contribution in [0.3, 0.4) is 0 Å².